The fraction of sp³-hybridized carbons (Fsp3) is 0.500. The van der Waals surface area contributed by atoms with Crippen LogP contribution in [0, 0.1) is 0 Å². The van der Waals surface area contributed by atoms with E-state index in [0.29, 0.717) is 6.61 Å². The second-order valence-corrected chi connectivity index (χ2v) is 5.06. The molecule has 1 aliphatic heterocycles. The van der Waals surface area contributed by atoms with Crippen LogP contribution in [0.5, 0.6) is 11.5 Å². The van der Waals surface area contributed by atoms with Crippen molar-refractivity contribution in [3.05, 3.63) is 36.9 Å². The van der Waals surface area contributed by atoms with Crippen LogP contribution in [0.3, 0.4) is 0 Å². The van der Waals surface area contributed by atoms with Gasteiger partial charge in [0, 0.05) is 32.7 Å². The second kappa shape index (κ2) is 7.92. The maximum absolute atomic E-state index is 5.76. The van der Waals surface area contributed by atoms with Crippen molar-refractivity contribution < 1.29 is 9.47 Å². The van der Waals surface area contributed by atoms with Gasteiger partial charge >= 0.3 is 0 Å². The highest BCUT2D eigenvalue weighted by atomic mass is 16.5. The van der Waals surface area contributed by atoms with Crippen LogP contribution in [-0.2, 0) is 0 Å². The zero-order chi connectivity index (χ0) is 14.2. The van der Waals surface area contributed by atoms with Gasteiger partial charge in [-0.25, -0.2) is 0 Å². The van der Waals surface area contributed by atoms with Crippen molar-refractivity contribution in [1.29, 1.82) is 0 Å². The van der Waals surface area contributed by atoms with Crippen LogP contribution in [0.1, 0.15) is 0 Å². The van der Waals surface area contributed by atoms with E-state index in [1.54, 1.807) is 6.08 Å². The molecule has 110 valence electrons. The Morgan fingerprint density at radius 2 is 1.65 bits per heavy atom. The molecule has 4 nitrogen and oxygen atoms in total. The summed E-state index contributed by atoms with van der Waals surface area (Å²) < 4.78 is 11.2. The van der Waals surface area contributed by atoms with Gasteiger partial charge in [0.2, 0.25) is 0 Å². The third-order valence-corrected chi connectivity index (χ3v) is 3.46. The molecule has 0 aromatic heterocycles. The molecule has 20 heavy (non-hydrogen) atoms. The Balaban J connectivity index is 1.67. The largest absolute Gasteiger partial charge is 0.492 e. The lowest BCUT2D eigenvalue weighted by Crippen LogP contribution is -2.45. The number of hydrogen-bond acceptors (Lipinski definition) is 4. The van der Waals surface area contributed by atoms with E-state index < -0.39 is 0 Å². The van der Waals surface area contributed by atoms with Crippen LogP contribution in [0.15, 0.2) is 36.9 Å². The second-order valence-electron chi connectivity index (χ2n) is 5.06. The lowest BCUT2D eigenvalue weighted by molar-refractivity contribution is 0.133. The average Bonchev–Trinajstić information content (AvgIpc) is 2.48. The van der Waals surface area contributed by atoms with Crippen LogP contribution < -0.4 is 9.47 Å². The van der Waals surface area contributed by atoms with Crippen LogP contribution in [-0.4, -0.2) is 62.8 Å². The quantitative estimate of drug-likeness (QED) is 0.710. The topological polar surface area (TPSA) is 24.9 Å². The van der Waals surface area contributed by atoms with Gasteiger partial charge in [-0.3, -0.25) is 4.90 Å². The molecule has 0 radical (unpaired) electrons. The van der Waals surface area contributed by atoms with E-state index in [1.807, 2.05) is 24.3 Å². The Kier molecular flexibility index (Phi) is 5.89. The van der Waals surface area contributed by atoms with Crippen molar-refractivity contribution in [2.45, 2.75) is 0 Å². The molecule has 0 atom stereocenters. The molecule has 0 spiro atoms. The molecule has 1 saturated heterocycles. The average molecular weight is 276 g/mol. The zero-order valence-electron chi connectivity index (χ0n) is 12.3. The number of benzene rings is 1. The first-order valence-electron chi connectivity index (χ1n) is 7.15. The minimum Gasteiger partial charge on any atom is -0.492 e. The lowest BCUT2D eigenvalue weighted by atomic mass is 10.3. The minimum absolute atomic E-state index is 0.531. The van der Waals surface area contributed by atoms with E-state index in [9.17, 15) is 0 Å². The van der Waals surface area contributed by atoms with Gasteiger partial charge in [-0.1, -0.05) is 12.7 Å². The molecular weight excluding hydrogens is 252 g/mol. The third kappa shape index (κ3) is 4.87. The number of piperazine rings is 1. The summed E-state index contributed by atoms with van der Waals surface area (Å²) in [4.78, 5) is 4.81. The Hall–Kier alpha value is -1.52. The van der Waals surface area contributed by atoms with E-state index >= 15 is 0 Å². The summed E-state index contributed by atoms with van der Waals surface area (Å²) in [5, 5.41) is 0. The highest BCUT2D eigenvalue weighted by Gasteiger charge is 2.12. The van der Waals surface area contributed by atoms with Crippen molar-refractivity contribution in [1.82, 2.24) is 9.80 Å². The molecule has 0 bridgehead atoms. The van der Waals surface area contributed by atoms with Crippen LogP contribution in [0.4, 0.5) is 0 Å². The molecule has 2 rings (SSSR count). The van der Waals surface area contributed by atoms with Gasteiger partial charge in [-0.15, -0.1) is 0 Å². The first-order valence-corrected chi connectivity index (χ1v) is 7.15. The molecule has 1 aromatic rings. The van der Waals surface area contributed by atoms with Crippen LogP contribution in [0.25, 0.3) is 0 Å². The molecule has 1 aliphatic rings. The third-order valence-electron chi connectivity index (χ3n) is 3.46. The zero-order valence-corrected chi connectivity index (χ0v) is 12.3. The number of hydrogen-bond donors (Lipinski definition) is 0. The predicted octanol–water partition coefficient (Wildman–Crippen LogP) is 1.88. The molecule has 0 saturated carbocycles. The summed E-state index contributed by atoms with van der Waals surface area (Å²) in [5.41, 5.74) is 0. The minimum atomic E-state index is 0.531. The summed E-state index contributed by atoms with van der Waals surface area (Å²) in [6.07, 6.45) is 1.74. The van der Waals surface area contributed by atoms with Crippen molar-refractivity contribution in [3.8, 4) is 11.5 Å². The molecule has 1 heterocycles. The monoisotopic (exact) mass is 276 g/mol. The number of likely N-dealkylation sites (N-methyl/N-ethyl adjacent to an activating group) is 1. The summed E-state index contributed by atoms with van der Waals surface area (Å²) in [5.74, 6) is 1.74. The first-order chi connectivity index (χ1) is 9.78. The van der Waals surface area contributed by atoms with Crippen LogP contribution in [0.2, 0.25) is 0 Å². The van der Waals surface area contributed by atoms with E-state index in [4.69, 9.17) is 9.47 Å². The summed E-state index contributed by atoms with van der Waals surface area (Å²) in [6.45, 7) is 10.4. The molecule has 1 aromatic carbocycles. The van der Waals surface area contributed by atoms with Crippen LogP contribution >= 0.6 is 0 Å². The summed E-state index contributed by atoms with van der Waals surface area (Å²) >= 11 is 0. The van der Waals surface area contributed by atoms with E-state index in [0.717, 1.165) is 50.8 Å². The molecule has 1 fully saturated rings. The molecule has 0 N–H and O–H groups in total. The molecular formula is C16H24N2O2. The maximum Gasteiger partial charge on any atom is 0.120 e. The normalized spacial score (nSPS) is 16.9. The maximum atomic E-state index is 5.76. The van der Waals surface area contributed by atoms with Gasteiger partial charge < -0.3 is 14.4 Å². The van der Waals surface area contributed by atoms with Crippen molar-refractivity contribution in [2.75, 3.05) is 53.0 Å². The Morgan fingerprint density at radius 1 is 1.05 bits per heavy atom. The molecule has 0 aliphatic carbocycles. The molecule has 4 heteroatoms. The van der Waals surface area contributed by atoms with Gasteiger partial charge in [0.05, 0.1) is 0 Å². The standard InChI is InChI=1S/C16H24N2O2/c1-3-13-19-15-4-6-16(7-5-15)20-14-12-18-10-8-17(2)9-11-18/h3-7H,1,8-14H2,2H3. The summed E-state index contributed by atoms with van der Waals surface area (Å²) in [6, 6.07) is 7.74. The number of nitrogens with zero attached hydrogens (tertiary/aromatic N) is 2. The van der Waals surface area contributed by atoms with Gasteiger partial charge in [0.25, 0.3) is 0 Å². The first kappa shape index (κ1) is 14.9. The van der Waals surface area contributed by atoms with E-state index in [2.05, 4.69) is 23.4 Å². The predicted molar refractivity (Wildman–Crippen MR) is 81.6 cm³/mol. The smallest absolute Gasteiger partial charge is 0.120 e. The van der Waals surface area contributed by atoms with Crippen molar-refractivity contribution in [3.63, 3.8) is 0 Å². The fourth-order valence-corrected chi connectivity index (χ4v) is 2.15. The van der Waals surface area contributed by atoms with Gasteiger partial charge in [-0.05, 0) is 31.3 Å². The molecule has 0 amide bonds. The number of rotatable bonds is 7. The highest BCUT2D eigenvalue weighted by molar-refractivity contribution is 5.31. The summed E-state index contributed by atoms with van der Waals surface area (Å²) in [7, 11) is 2.17. The van der Waals surface area contributed by atoms with E-state index in [1.165, 1.54) is 0 Å². The van der Waals surface area contributed by atoms with Gasteiger partial charge in [-0.2, -0.15) is 0 Å². The van der Waals surface area contributed by atoms with Gasteiger partial charge in [0.1, 0.15) is 24.7 Å². The Morgan fingerprint density at radius 3 is 2.25 bits per heavy atom. The fourth-order valence-electron chi connectivity index (χ4n) is 2.15. The SMILES string of the molecule is C=CCOc1ccc(OCCN2CCN(C)CC2)cc1. The van der Waals surface area contributed by atoms with Gasteiger partial charge in [0.15, 0.2) is 0 Å². The van der Waals surface area contributed by atoms with E-state index in [-0.39, 0.29) is 0 Å². The molecule has 0 unspecified atom stereocenters. The van der Waals surface area contributed by atoms with Crippen molar-refractivity contribution in [2.24, 2.45) is 0 Å². The highest BCUT2D eigenvalue weighted by Crippen LogP contribution is 2.17. The lowest BCUT2D eigenvalue weighted by Gasteiger charge is -2.32. The number of ether oxygens (including phenoxy) is 2. The Labute approximate surface area is 121 Å². The van der Waals surface area contributed by atoms with Crippen molar-refractivity contribution >= 4 is 0 Å². The Bertz CT molecular complexity index is 397.